The maximum Gasteiger partial charge on any atom is 0.122 e. The van der Waals surface area contributed by atoms with Crippen LogP contribution in [0.1, 0.15) is 44.6 Å². The Labute approximate surface area is 127 Å². The summed E-state index contributed by atoms with van der Waals surface area (Å²) in [6, 6.07) is 6.43. The van der Waals surface area contributed by atoms with Gasteiger partial charge >= 0.3 is 0 Å². The van der Waals surface area contributed by atoms with Gasteiger partial charge < -0.3 is 10.1 Å². The molecule has 112 valence electrons. The van der Waals surface area contributed by atoms with Crippen molar-refractivity contribution in [1.29, 1.82) is 0 Å². The number of benzene rings is 1. The van der Waals surface area contributed by atoms with Crippen LogP contribution in [-0.2, 0) is 6.42 Å². The molecule has 3 heteroatoms. The highest BCUT2D eigenvalue weighted by Gasteiger charge is 2.21. The zero-order valence-corrected chi connectivity index (χ0v) is 13.4. The summed E-state index contributed by atoms with van der Waals surface area (Å²) in [6.45, 7) is 3.19. The molecule has 1 unspecified atom stereocenters. The van der Waals surface area contributed by atoms with Crippen LogP contribution in [-0.4, -0.2) is 19.7 Å². The molecule has 0 bridgehead atoms. The first-order valence-electron chi connectivity index (χ1n) is 7.78. The minimum atomic E-state index is 0.524. The van der Waals surface area contributed by atoms with Gasteiger partial charge in [0.25, 0.3) is 0 Å². The number of rotatable bonds is 7. The molecule has 1 N–H and O–H groups in total. The monoisotopic (exact) mass is 295 g/mol. The molecular formula is C17H26ClNO. The number of hydrogen-bond donors (Lipinski definition) is 1. The number of likely N-dealkylation sites (N-methyl/N-ethyl adjacent to an activating group) is 1. The fourth-order valence-electron chi connectivity index (χ4n) is 3.35. The smallest absolute Gasteiger partial charge is 0.122 e. The zero-order valence-electron chi connectivity index (χ0n) is 12.6. The van der Waals surface area contributed by atoms with Gasteiger partial charge in [-0.3, -0.25) is 0 Å². The molecule has 1 saturated carbocycles. The topological polar surface area (TPSA) is 21.3 Å². The molecule has 0 heterocycles. The van der Waals surface area contributed by atoms with E-state index in [4.69, 9.17) is 16.3 Å². The SMILES string of the molecule is CCNC(Cc1cc(Cl)ccc1OC)CC1CCCC1. The molecule has 1 aliphatic carbocycles. The van der Waals surface area contributed by atoms with Crippen LogP contribution in [0, 0.1) is 5.92 Å². The molecule has 2 nitrogen and oxygen atoms in total. The summed E-state index contributed by atoms with van der Waals surface area (Å²) in [5.74, 6) is 1.84. The van der Waals surface area contributed by atoms with Gasteiger partial charge in [0, 0.05) is 11.1 Å². The Bertz CT molecular complexity index is 415. The van der Waals surface area contributed by atoms with Gasteiger partial charge in [-0.25, -0.2) is 0 Å². The molecule has 0 amide bonds. The summed E-state index contributed by atoms with van der Waals surface area (Å²) in [4.78, 5) is 0. The molecule has 0 aliphatic heterocycles. The Morgan fingerprint density at radius 1 is 1.35 bits per heavy atom. The molecule has 0 spiro atoms. The fourth-order valence-corrected chi connectivity index (χ4v) is 3.54. The van der Waals surface area contributed by atoms with E-state index < -0.39 is 0 Å². The van der Waals surface area contributed by atoms with Crippen LogP contribution < -0.4 is 10.1 Å². The maximum absolute atomic E-state index is 6.13. The average molecular weight is 296 g/mol. The molecule has 0 saturated heterocycles. The van der Waals surface area contributed by atoms with Crippen molar-refractivity contribution in [3.8, 4) is 5.75 Å². The second kappa shape index (κ2) is 7.90. The van der Waals surface area contributed by atoms with Crippen LogP contribution in [0.3, 0.4) is 0 Å². The summed E-state index contributed by atoms with van der Waals surface area (Å²) >= 11 is 6.13. The first-order chi connectivity index (χ1) is 9.72. The molecule has 1 aromatic carbocycles. The lowest BCUT2D eigenvalue weighted by molar-refractivity contribution is 0.377. The maximum atomic E-state index is 6.13. The summed E-state index contributed by atoms with van der Waals surface area (Å²) in [7, 11) is 1.73. The second-order valence-corrected chi connectivity index (χ2v) is 6.24. The van der Waals surface area contributed by atoms with E-state index in [9.17, 15) is 0 Å². The lowest BCUT2D eigenvalue weighted by atomic mass is 9.93. The quantitative estimate of drug-likeness (QED) is 0.802. The molecule has 1 fully saturated rings. The van der Waals surface area contributed by atoms with Crippen LogP contribution in [0.2, 0.25) is 5.02 Å². The third-order valence-corrected chi connectivity index (χ3v) is 4.53. The summed E-state index contributed by atoms with van der Waals surface area (Å²) in [5, 5.41) is 4.42. The molecule has 0 radical (unpaired) electrons. The van der Waals surface area contributed by atoms with Crippen LogP contribution in [0.25, 0.3) is 0 Å². The fraction of sp³-hybridized carbons (Fsp3) is 0.647. The second-order valence-electron chi connectivity index (χ2n) is 5.80. The first-order valence-corrected chi connectivity index (χ1v) is 8.16. The van der Waals surface area contributed by atoms with E-state index in [1.807, 2.05) is 18.2 Å². The van der Waals surface area contributed by atoms with Crippen LogP contribution >= 0.6 is 11.6 Å². The number of methoxy groups -OCH3 is 1. The molecule has 1 aromatic rings. The summed E-state index contributed by atoms with van der Waals surface area (Å²) in [6.07, 6.45) is 7.87. The van der Waals surface area contributed by atoms with E-state index in [0.29, 0.717) is 6.04 Å². The first kappa shape index (κ1) is 15.7. The van der Waals surface area contributed by atoms with Crippen molar-refractivity contribution in [2.24, 2.45) is 5.92 Å². The molecule has 2 rings (SSSR count). The van der Waals surface area contributed by atoms with E-state index in [1.54, 1.807) is 7.11 Å². The Kier molecular flexibility index (Phi) is 6.18. The van der Waals surface area contributed by atoms with Gasteiger partial charge in [-0.15, -0.1) is 0 Å². The van der Waals surface area contributed by atoms with Gasteiger partial charge in [-0.2, -0.15) is 0 Å². The van der Waals surface area contributed by atoms with Gasteiger partial charge in [0.1, 0.15) is 5.75 Å². The van der Waals surface area contributed by atoms with Gasteiger partial charge in [0.2, 0.25) is 0 Å². The van der Waals surface area contributed by atoms with E-state index in [1.165, 1.54) is 37.7 Å². The molecular weight excluding hydrogens is 270 g/mol. The van der Waals surface area contributed by atoms with E-state index in [2.05, 4.69) is 12.2 Å². The Hall–Kier alpha value is -0.730. The highest BCUT2D eigenvalue weighted by molar-refractivity contribution is 6.30. The normalized spacial score (nSPS) is 17.4. The van der Waals surface area contributed by atoms with E-state index in [0.717, 1.165) is 29.7 Å². The van der Waals surface area contributed by atoms with Gasteiger partial charge in [0.15, 0.2) is 0 Å². The predicted molar refractivity (Wildman–Crippen MR) is 85.7 cm³/mol. The van der Waals surface area contributed by atoms with Gasteiger partial charge in [0.05, 0.1) is 7.11 Å². The van der Waals surface area contributed by atoms with Gasteiger partial charge in [-0.05, 0) is 49.1 Å². The lowest BCUT2D eigenvalue weighted by Gasteiger charge is -2.22. The molecule has 1 atom stereocenters. The van der Waals surface area contributed by atoms with Crippen molar-refractivity contribution in [3.63, 3.8) is 0 Å². The van der Waals surface area contributed by atoms with E-state index >= 15 is 0 Å². The Morgan fingerprint density at radius 3 is 2.75 bits per heavy atom. The Morgan fingerprint density at radius 2 is 2.10 bits per heavy atom. The molecule has 0 aromatic heterocycles. The van der Waals surface area contributed by atoms with Crippen molar-refractivity contribution in [1.82, 2.24) is 5.32 Å². The third kappa shape index (κ3) is 4.39. The van der Waals surface area contributed by atoms with Crippen molar-refractivity contribution in [2.75, 3.05) is 13.7 Å². The molecule has 1 aliphatic rings. The highest BCUT2D eigenvalue weighted by atomic mass is 35.5. The van der Waals surface area contributed by atoms with Crippen LogP contribution in [0.15, 0.2) is 18.2 Å². The van der Waals surface area contributed by atoms with Crippen LogP contribution in [0.5, 0.6) is 5.75 Å². The Balaban J connectivity index is 2.04. The molecule has 20 heavy (non-hydrogen) atoms. The average Bonchev–Trinajstić information content (AvgIpc) is 2.92. The summed E-state index contributed by atoms with van der Waals surface area (Å²) in [5.41, 5.74) is 1.21. The number of hydrogen-bond acceptors (Lipinski definition) is 2. The van der Waals surface area contributed by atoms with E-state index in [-0.39, 0.29) is 0 Å². The minimum Gasteiger partial charge on any atom is -0.496 e. The highest BCUT2D eigenvalue weighted by Crippen LogP contribution is 2.31. The standard InChI is InChI=1S/C17H26ClNO/c1-3-19-16(10-13-6-4-5-7-13)12-14-11-15(18)8-9-17(14)20-2/h8-9,11,13,16,19H,3-7,10,12H2,1-2H3. The third-order valence-electron chi connectivity index (χ3n) is 4.29. The lowest BCUT2D eigenvalue weighted by Crippen LogP contribution is -2.32. The zero-order chi connectivity index (χ0) is 14.4. The van der Waals surface area contributed by atoms with Crippen molar-refractivity contribution in [3.05, 3.63) is 28.8 Å². The predicted octanol–water partition coefficient (Wildman–Crippen LogP) is 4.45. The minimum absolute atomic E-state index is 0.524. The number of ether oxygens (including phenoxy) is 1. The largest absolute Gasteiger partial charge is 0.496 e. The number of halogens is 1. The number of nitrogens with one attached hydrogen (secondary N) is 1. The van der Waals surface area contributed by atoms with Crippen LogP contribution in [0.4, 0.5) is 0 Å². The van der Waals surface area contributed by atoms with Gasteiger partial charge in [-0.1, -0.05) is 44.2 Å². The van der Waals surface area contributed by atoms with Crippen molar-refractivity contribution < 1.29 is 4.74 Å². The summed E-state index contributed by atoms with van der Waals surface area (Å²) < 4.78 is 5.46. The van der Waals surface area contributed by atoms with Crippen molar-refractivity contribution in [2.45, 2.75) is 51.5 Å². The van der Waals surface area contributed by atoms with Crippen molar-refractivity contribution >= 4 is 11.6 Å².